The molecule has 8 heteroatoms. The summed E-state index contributed by atoms with van der Waals surface area (Å²) in [5.74, 6) is -0.474. The van der Waals surface area contributed by atoms with Crippen LogP contribution in [0.2, 0.25) is 5.02 Å². The zero-order valence-electron chi connectivity index (χ0n) is 15.0. The van der Waals surface area contributed by atoms with E-state index in [0.717, 1.165) is 39.1 Å². The van der Waals surface area contributed by atoms with Crippen LogP contribution in [0, 0.1) is 5.82 Å². The van der Waals surface area contributed by atoms with E-state index in [1.165, 1.54) is 6.07 Å². The summed E-state index contributed by atoms with van der Waals surface area (Å²) in [5, 5.41) is 7.20. The minimum absolute atomic E-state index is 0.0230. The number of ether oxygens (including phenoxy) is 1. The van der Waals surface area contributed by atoms with Gasteiger partial charge in [-0.1, -0.05) is 17.7 Å². The second-order valence-electron chi connectivity index (χ2n) is 5.90. The lowest BCUT2D eigenvalue weighted by Gasteiger charge is -2.22. The Morgan fingerprint density at radius 3 is 2.73 bits per heavy atom. The van der Waals surface area contributed by atoms with Crippen molar-refractivity contribution in [3.05, 3.63) is 34.6 Å². The van der Waals surface area contributed by atoms with Gasteiger partial charge in [0.1, 0.15) is 5.82 Å². The van der Waals surface area contributed by atoms with Crippen molar-refractivity contribution in [1.82, 2.24) is 9.80 Å². The highest BCUT2D eigenvalue weighted by Crippen LogP contribution is 2.20. The third kappa shape index (κ3) is 7.68. The fraction of sp³-hybridized carbons (Fsp3) is 0.556. The van der Waals surface area contributed by atoms with E-state index < -0.39 is 5.82 Å². The number of carboxylic acid groups (broad SMARTS) is 1. The molecule has 1 amide bonds. The Morgan fingerprint density at radius 2 is 2.08 bits per heavy atom. The van der Waals surface area contributed by atoms with Crippen molar-refractivity contribution in [2.45, 2.75) is 19.3 Å². The van der Waals surface area contributed by atoms with E-state index in [1.807, 2.05) is 4.90 Å². The SMILES string of the molecule is COCCCN1CCCN(C(=O)Cc2c(F)cccc2Cl)CC1.O=CO. The van der Waals surface area contributed by atoms with Gasteiger partial charge in [0.15, 0.2) is 0 Å². The molecule has 146 valence electrons. The number of hydrogen-bond acceptors (Lipinski definition) is 4. The third-order valence-corrected chi connectivity index (χ3v) is 4.51. The van der Waals surface area contributed by atoms with Crippen molar-refractivity contribution < 1.29 is 23.8 Å². The van der Waals surface area contributed by atoms with Gasteiger partial charge in [-0.15, -0.1) is 0 Å². The summed E-state index contributed by atoms with van der Waals surface area (Å²) in [6.07, 6.45) is 1.95. The van der Waals surface area contributed by atoms with E-state index in [0.29, 0.717) is 23.7 Å². The third-order valence-electron chi connectivity index (χ3n) is 4.15. The highest BCUT2D eigenvalue weighted by Gasteiger charge is 2.21. The second-order valence-corrected chi connectivity index (χ2v) is 6.31. The summed E-state index contributed by atoms with van der Waals surface area (Å²) in [6.45, 7) is 4.71. The number of rotatable bonds is 6. The summed E-state index contributed by atoms with van der Waals surface area (Å²) >= 11 is 6.01. The van der Waals surface area contributed by atoms with E-state index >= 15 is 0 Å². The van der Waals surface area contributed by atoms with Crippen molar-refractivity contribution in [3.8, 4) is 0 Å². The van der Waals surface area contributed by atoms with E-state index in [1.54, 1.807) is 19.2 Å². The predicted octanol–water partition coefficient (Wildman–Crippen LogP) is 2.29. The first kappa shape index (κ1) is 22.3. The molecule has 0 unspecified atom stereocenters. The number of halogens is 2. The van der Waals surface area contributed by atoms with E-state index in [-0.39, 0.29) is 18.8 Å². The first-order valence-corrected chi connectivity index (χ1v) is 8.91. The van der Waals surface area contributed by atoms with Crippen molar-refractivity contribution >= 4 is 24.0 Å². The lowest BCUT2D eigenvalue weighted by atomic mass is 10.1. The van der Waals surface area contributed by atoms with Crippen LogP contribution in [-0.4, -0.2) is 73.7 Å². The molecule has 0 atom stereocenters. The Hall–Kier alpha value is -1.70. The van der Waals surface area contributed by atoms with Crippen molar-refractivity contribution in [2.24, 2.45) is 0 Å². The van der Waals surface area contributed by atoms with Gasteiger partial charge in [0, 0.05) is 50.5 Å². The van der Waals surface area contributed by atoms with Crippen LogP contribution >= 0.6 is 11.6 Å². The summed E-state index contributed by atoms with van der Waals surface area (Å²) < 4.78 is 18.9. The van der Waals surface area contributed by atoms with Gasteiger partial charge in [0.05, 0.1) is 6.42 Å². The van der Waals surface area contributed by atoms with E-state index in [9.17, 15) is 9.18 Å². The Kier molecular flexibility index (Phi) is 10.8. The summed E-state index contributed by atoms with van der Waals surface area (Å²) in [4.78, 5) is 25.0. The molecule has 1 aliphatic rings. The molecular weight excluding hydrogens is 363 g/mol. The summed E-state index contributed by atoms with van der Waals surface area (Å²) in [5.41, 5.74) is 0.292. The van der Waals surface area contributed by atoms with Gasteiger partial charge in [-0.3, -0.25) is 9.59 Å². The molecule has 0 aromatic heterocycles. The van der Waals surface area contributed by atoms with Crippen LogP contribution in [0.1, 0.15) is 18.4 Å². The van der Waals surface area contributed by atoms with Gasteiger partial charge in [0.2, 0.25) is 5.91 Å². The van der Waals surface area contributed by atoms with Gasteiger partial charge in [-0.25, -0.2) is 4.39 Å². The van der Waals surface area contributed by atoms with E-state index in [2.05, 4.69) is 4.90 Å². The lowest BCUT2D eigenvalue weighted by Crippen LogP contribution is -2.36. The van der Waals surface area contributed by atoms with Crippen LogP contribution in [-0.2, 0) is 20.7 Å². The molecular formula is C18H26ClFN2O4. The van der Waals surface area contributed by atoms with Crippen LogP contribution in [0.4, 0.5) is 4.39 Å². The fourth-order valence-corrected chi connectivity index (χ4v) is 3.07. The van der Waals surface area contributed by atoms with Crippen LogP contribution < -0.4 is 0 Å². The van der Waals surface area contributed by atoms with Crippen molar-refractivity contribution in [2.75, 3.05) is 46.4 Å². The average Bonchev–Trinajstić information content (AvgIpc) is 2.85. The number of methoxy groups -OCH3 is 1. The standard InChI is InChI=1S/C17H24ClFN2O2.CH2O2/c1-23-12-4-8-20-7-3-9-21(11-10-20)17(22)13-14-15(18)5-2-6-16(14)19;2-1-3/h2,5-6H,3-4,7-13H2,1H3;1H,(H,2,3). The monoisotopic (exact) mass is 388 g/mol. The quantitative estimate of drug-likeness (QED) is 0.598. The second kappa shape index (κ2) is 12.6. The highest BCUT2D eigenvalue weighted by molar-refractivity contribution is 6.31. The van der Waals surface area contributed by atoms with Gasteiger partial charge < -0.3 is 19.6 Å². The molecule has 1 aromatic carbocycles. The first-order chi connectivity index (χ1) is 12.5. The number of amides is 1. The minimum atomic E-state index is -0.415. The number of nitrogens with zero attached hydrogens (tertiary/aromatic N) is 2. The minimum Gasteiger partial charge on any atom is -0.483 e. The molecule has 1 saturated heterocycles. The van der Waals surface area contributed by atoms with Crippen LogP contribution in [0.25, 0.3) is 0 Å². The van der Waals surface area contributed by atoms with Crippen LogP contribution in [0.15, 0.2) is 18.2 Å². The van der Waals surface area contributed by atoms with Crippen molar-refractivity contribution in [3.63, 3.8) is 0 Å². The average molecular weight is 389 g/mol. The maximum atomic E-state index is 13.8. The number of carbonyl (C=O) groups is 2. The number of hydrogen-bond donors (Lipinski definition) is 1. The zero-order valence-corrected chi connectivity index (χ0v) is 15.8. The lowest BCUT2D eigenvalue weighted by molar-refractivity contribution is -0.130. The van der Waals surface area contributed by atoms with Crippen LogP contribution in [0.3, 0.4) is 0 Å². The fourth-order valence-electron chi connectivity index (χ4n) is 2.84. The molecule has 26 heavy (non-hydrogen) atoms. The van der Waals surface area contributed by atoms with Crippen molar-refractivity contribution in [1.29, 1.82) is 0 Å². The molecule has 6 nitrogen and oxygen atoms in total. The molecule has 1 heterocycles. The highest BCUT2D eigenvalue weighted by atomic mass is 35.5. The Bertz CT molecular complexity index is 554. The molecule has 0 bridgehead atoms. The topological polar surface area (TPSA) is 70.1 Å². The Balaban J connectivity index is 0.00000105. The molecule has 1 aliphatic heterocycles. The summed E-state index contributed by atoms with van der Waals surface area (Å²) in [7, 11) is 1.71. The molecule has 0 aliphatic carbocycles. The molecule has 1 N–H and O–H groups in total. The maximum Gasteiger partial charge on any atom is 0.290 e. The Morgan fingerprint density at radius 1 is 1.35 bits per heavy atom. The maximum absolute atomic E-state index is 13.8. The number of carbonyl (C=O) groups excluding carboxylic acids is 1. The van der Waals surface area contributed by atoms with Gasteiger partial charge >= 0.3 is 0 Å². The van der Waals surface area contributed by atoms with Gasteiger partial charge in [-0.05, 0) is 31.5 Å². The van der Waals surface area contributed by atoms with Gasteiger partial charge in [-0.2, -0.15) is 0 Å². The molecule has 2 rings (SSSR count). The largest absolute Gasteiger partial charge is 0.483 e. The molecule has 0 radical (unpaired) electrons. The zero-order chi connectivity index (χ0) is 19.4. The Labute approximate surface area is 158 Å². The smallest absolute Gasteiger partial charge is 0.290 e. The normalized spacial score (nSPS) is 15.0. The molecule has 1 fully saturated rings. The van der Waals surface area contributed by atoms with Crippen LogP contribution in [0.5, 0.6) is 0 Å². The molecule has 0 spiro atoms. The summed E-state index contributed by atoms with van der Waals surface area (Å²) in [6, 6.07) is 4.51. The number of benzene rings is 1. The predicted molar refractivity (Wildman–Crippen MR) is 97.9 cm³/mol. The first-order valence-electron chi connectivity index (χ1n) is 8.53. The van der Waals surface area contributed by atoms with Gasteiger partial charge in [0.25, 0.3) is 6.47 Å². The van der Waals surface area contributed by atoms with E-state index in [4.69, 9.17) is 26.2 Å². The molecule has 1 aromatic rings. The molecule has 0 saturated carbocycles.